The molecule has 4 saturated carbocycles. The zero-order valence-corrected chi connectivity index (χ0v) is 16.2. The van der Waals surface area contributed by atoms with Gasteiger partial charge in [-0.05, 0) is 56.3 Å². The largest absolute Gasteiger partial charge is 0.481 e. The number of rotatable bonds is 7. The molecule has 0 radical (unpaired) electrons. The topological polar surface area (TPSA) is 93.4 Å². The van der Waals surface area contributed by atoms with E-state index in [4.69, 9.17) is 16.3 Å². The van der Waals surface area contributed by atoms with Crippen LogP contribution in [0.25, 0.3) is 0 Å². The first-order valence-electron chi connectivity index (χ1n) is 9.70. The molecule has 4 bridgehead atoms. The highest BCUT2D eigenvalue weighted by molar-refractivity contribution is 6.32. The van der Waals surface area contributed by atoms with Crippen LogP contribution in [0.15, 0.2) is 11.0 Å². The molecule has 2 N–H and O–H groups in total. The molecule has 0 saturated heterocycles. The fourth-order valence-corrected chi connectivity index (χ4v) is 6.24. The van der Waals surface area contributed by atoms with E-state index in [0.29, 0.717) is 43.5 Å². The van der Waals surface area contributed by atoms with Crippen molar-refractivity contribution in [1.29, 1.82) is 0 Å². The van der Waals surface area contributed by atoms with Gasteiger partial charge in [-0.3, -0.25) is 9.59 Å². The third-order valence-electron chi connectivity index (χ3n) is 6.72. The van der Waals surface area contributed by atoms with E-state index < -0.39 is 17.4 Å². The van der Waals surface area contributed by atoms with Gasteiger partial charge in [0.15, 0.2) is 0 Å². The van der Waals surface area contributed by atoms with Gasteiger partial charge in [0.1, 0.15) is 5.02 Å². The van der Waals surface area contributed by atoms with Gasteiger partial charge in [-0.2, -0.15) is 5.10 Å². The van der Waals surface area contributed by atoms with Gasteiger partial charge in [-0.25, -0.2) is 4.68 Å². The minimum absolute atomic E-state index is 0.0855. The lowest BCUT2D eigenvalue weighted by Crippen LogP contribution is -2.63. The Morgan fingerprint density at radius 3 is 2.74 bits per heavy atom. The Morgan fingerprint density at radius 2 is 2.11 bits per heavy atom. The quantitative estimate of drug-likeness (QED) is 0.689. The van der Waals surface area contributed by atoms with Crippen LogP contribution in [0.3, 0.4) is 0 Å². The number of ether oxygens (including phenoxy) is 1. The summed E-state index contributed by atoms with van der Waals surface area (Å²) in [4.78, 5) is 25.2. The highest BCUT2D eigenvalue weighted by Gasteiger charge is 2.61. The molecule has 7 nitrogen and oxygen atoms in total. The van der Waals surface area contributed by atoms with E-state index in [1.165, 1.54) is 4.68 Å². The van der Waals surface area contributed by atoms with Crippen molar-refractivity contribution < 1.29 is 14.6 Å². The first-order chi connectivity index (χ1) is 13.0. The number of aliphatic carboxylic acids is 1. The third kappa shape index (κ3) is 3.05. The van der Waals surface area contributed by atoms with Crippen molar-refractivity contribution >= 4 is 23.3 Å². The van der Waals surface area contributed by atoms with E-state index in [9.17, 15) is 14.7 Å². The molecule has 148 valence electrons. The minimum atomic E-state index is -0.814. The Kier molecular flexibility index (Phi) is 4.93. The van der Waals surface area contributed by atoms with Crippen molar-refractivity contribution in [3.63, 3.8) is 0 Å². The summed E-state index contributed by atoms with van der Waals surface area (Å²) < 4.78 is 6.43. The predicted molar refractivity (Wildman–Crippen MR) is 101 cm³/mol. The molecule has 4 aliphatic carbocycles. The average Bonchev–Trinajstić information content (AvgIpc) is 2.60. The maximum absolute atomic E-state index is 13.1. The normalized spacial score (nSPS) is 34.0. The Labute approximate surface area is 163 Å². The number of halogens is 1. The fourth-order valence-electron chi connectivity index (χ4n) is 6.05. The number of hydrogen-bond donors (Lipinski definition) is 2. The summed E-state index contributed by atoms with van der Waals surface area (Å²) in [6.45, 7) is 1.23. The lowest BCUT2D eigenvalue weighted by atomic mass is 9.48. The van der Waals surface area contributed by atoms with Crippen molar-refractivity contribution in [1.82, 2.24) is 9.78 Å². The molecule has 0 spiro atoms. The van der Waals surface area contributed by atoms with Crippen LogP contribution in [0.1, 0.15) is 38.5 Å². The van der Waals surface area contributed by atoms with Gasteiger partial charge in [0.05, 0.1) is 23.3 Å². The number of carboxylic acids is 1. The average molecular weight is 396 g/mol. The Balaban J connectivity index is 1.68. The smallest absolute Gasteiger partial charge is 0.309 e. The van der Waals surface area contributed by atoms with Gasteiger partial charge in [-0.15, -0.1) is 0 Å². The molecule has 0 aliphatic heterocycles. The first kappa shape index (κ1) is 18.7. The second-order valence-corrected chi connectivity index (χ2v) is 8.77. The van der Waals surface area contributed by atoms with E-state index in [1.54, 1.807) is 13.3 Å². The maximum atomic E-state index is 13.1. The number of methoxy groups -OCH3 is 1. The number of carbonyl (C=O) groups is 1. The highest BCUT2D eigenvalue weighted by atomic mass is 35.5. The van der Waals surface area contributed by atoms with Crippen molar-refractivity contribution in [3.8, 4) is 0 Å². The number of nitrogens with one attached hydrogen (secondary N) is 1. The molecule has 0 amide bonds. The predicted octanol–water partition coefficient (Wildman–Crippen LogP) is 2.58. The summed E-state index contributed by atoms with van der Waals surface area (Å²) in [7, 11) is 1.64. The summed E-state index contributed by atoms with van der Waals surface area (Å²) in [6.07, 6.45) is 6.82. The van der Waals surface area contributed by atoms with Gasteiger partial charge >= 0.3 is 5.97 Å². The van der Waals surface area contributed by atoms with E-state index in [0.717, 1.165) is 25.7 Å². The first-order valence-corrected chi connectivity index (χ1v) is 10.1. The second kappa shape index (κ2) is 7.09. The summed E-state index contributed by atoms with van der Waals surface area (Å²) in [5.41, 5.74) is -0.636. The molecule has 4 fully saturated rings. The Morgan fingerprint density at radius 1 is 1.41 bits per heavy atom. The van der Waals surface area contributed by atoms with Crippen molar-refractivity contribution in [3.05, 3.63) is 21.6 Å². The van der Waals surface area contributed by atoms with Crippen LogP contribution in [-0.4, -0.2) is 41.1 Å². The molecule has 4 aliphatic rings. The molecular formula is C19H26ClN3O4. The molecule has 0 aromatic carbocycles. The molecular weight excluding hydrogens is 370 g/mol. The lowest BCUT2D eigenvalue weighted by Gasteiger charge is -2.59. The van der Waals surface area contributed by atoms with E-state index in [-0.39, 0.29) is 16.5 Å². The van der Waals surface area contributed by atoms with Crippen LogP contribution in [0.4, 0.5) is 5.69 Å². The molecule has 8 heteroatoms. The minimum Gasteiger partial charge on any atom is -0.481 e. The standard InChI is InChI=1S/C19H26ClN3O4/c1-27-4-2-3-21-14-10-22-23(17(24)16(14)20)19-8-11-5-12(9-19)7-13(6-11)15(19)18(25)26/h10-13,15,21H,2-9H2,1H3,(H,25,26)/t11-,12+,13?,15-,19?/m0/s1. The van der Waals surface area contributed by atoms with Crippen LogP contribution in [0.5, 0.6) is 0 Å². The number of aromatic nitrogens is 2. The Bertz CT molecular complexity index is 782. The number of nitrogens with zero attached hydrogens (tertiary/aromatic N) is 2. The lowest BCUT2D eigenvalue weighted by molar-refractivity contribution is -0.168. The summed E-state index contributed by atoms with van der Waals surface area (Å²) in [6, 6.07) is 0. The third-order valence-corrected chi connectivity index (χ3v) is 7.09. The van der Waals surface area contributed by atoms with Crippen LogP contribution in [-0.2, 0) is 15.1 Å². The van der Waals surface area contributed by atoms with Gasteiger partial charge in [-0.1, -0.05) is 11.6 Å². The van der Waals surface area contributed by atoms with Crippen molar-refractivity contribution in [2.45, 2.75) is 44.1 Å². The number of anilines is 1. The fraction of sp³-hybridized carbons (Fsp3) is 0.737. The zero-order valence-electron chi connectivity index (χ0n) is 15.5. The van der Waals surface area contributed by atoms with Gasteiger partial charge < -0.3 is 15.2 Å². The van der Waals surface area contributed by atoms with Gasteiger partial charge in [0.25, 0.3) is 5.56 Å². The van der Waals surface area contributed by atoms with Crippen LogP contribution < -0.4 is 10.9 Å². The van der Waals surface area contributed by atoms with Gasteiger partial charge in [0.2, 0.25) is 0 Å². The molecule has 1 aromatic rings. The number of carboxylic acid groups (broad SMARTS) is 1. The molecule has 5 atom stereocenters. The van der Waals surface area contributed by atoms with Crippen LogP contribution in [0, 0.1) is 23.7 Å². The monoisotopic (exact) mass is 395 g/mol. The van der Waals surface area contributed by atoms with E-state index >= 15 is 0 Å². The van der Waals surface area contributed by atoms with E-state index in [2.05, 4.69) is 10.4 Å². The molecule has 1 heterocycles. The Hall–Kier alpha value is -1.60. The molecule has 27 heavy (non-hydrogen) atoms. The number of hydrogen-bond acceptors (Lipinski definition) is 5. The second-order valence-electron chi connectivity index (χ2n) is 8.39. The zero-order chi connectivity index (χ0) is 19.2. The molecule has 5 rings (SSSR count). The van der Waals surface area contributed by atoms with Gasteiger partial charge in [0, 0.05) is 20.3 Å². The van der Waals surface area contributed by atoms with Crippen LogP contribution in [0.2, 0.25) is 5.02 Å². The summed E-state index contributed by atoms with van der Waals surface area (Å²) in [5.74, 6) is -0.277. The van der Waals surface area contributed by atoms with E-state index in [1.807, 2.05) is 0 Å². The maximum Gasteiger partial charge on any atom is 0.309 e. The van der Waals surface area contributed by atoms with Crippen molar-refractivity contribution in [2.24, 2.45) is 23.7 Å². The highest BCUT2D eigenvalue weighted by Crippen LogP contribution is 2.61. The van der Waals surface area contributed by atoms with Crippen LogP contribution >= 0.6 is 11.6 Å². The molecule has 2 unspecified atom stereocenters. The summed E-state index contributed by atoms with van der Waals surface area (Å²) >= 11 is 6.36. The van der Waals surface area contributed by atoms with Crippen molar-refractivity contribution in [2.75, 3.05) is 25.6 Å². The SMILES string of the molecule is COCCCNc1cnn(C23C[C@@H]4CC(C[C@@H](C4)C2)[C@H]3C(=O)O)c(=O)c1Cl. The summed E-state index contributed by atoms with van der Waals surface area (Å²) in [5, 5.41) is 17.6. The molecule has 1 aromatic heterocycles.